The highest BCUT2D eigenvalue weighted by Gasteiger charge is 2.21. The van der Waals surface area contributed by atoms with Gasteiger partial charge in [-0.25, -0.2) is 0 Å². The minimum absolute atomic E-state index is 0.277. The molecule has 15 heavy (non-hydrogen) atoms. The lowest BCUT2D eigenvalue weighted by Gasteiger charge is -2.37. The summed E-state index contributed by atoms with van der Waals surface area (Å²) in [7, 11) is 0. The van der Waals surface area contributed by atoms with E-state index in [1.165, 1.54) is 0 Å². The first-order valence-electron chi connectivity index (χ1n) is 5.81. The first-order chi connectivity index (χ1) is 6.87. The molecule has 0 amide bonds. The third kappa shape index (κ3) is 5.28. The molecule has 88 valence electrons. The Kier molecular flexibility index (Phi) is 4.29. The van der Waals surface area contributed by atoms with Crippen LogP contribution < -0.4 is 0 Å². The van der Waals surface area contributed by atoms with E-state index in [1.54, 1.807) is 6.92 Å². The maximum Gasteiger partial charge on any atom is 0.143 e. The standard InChI is InChI=1S/C12H24N2O/c1-11(15)9-13-5-7-14(8-6-13)10-12(2,3)4/h5-10H2,1-4H3. The van der Waals surface area contributed by atoms with E-state index < -0.39 is 0 Å². The van der Waals surface area contributed by atoms with Crippen molar-refractivity contribution in [2.45, 2.75) is 27.7 Å². The highest BCUT2D eigenvalue weighted by atomic mass is 16.1. The van der Waals surface area contributed by atoms with E-state index in [2.05, 4.69) is 30.6 Å². The molecule has 0 atom stereocenters. The number of carbonyl (C=O) groups is 1. The topological polar surface area (TPSA) is 23.6 Å². The van der Waals surface area contributed by atoms with Crippen LogP contribution in [0.3, 0.4) is 0 Å². The Bertz CT molecular complexity index is 212. The summed E-state index contributed by atoms with van der Waals surface area (Å²) >= 11 is 0. The fourth-order valence-corrected chi connectivity index (χ4v) is 2.09. The van der Waals surface area contributed by atoms with E-state index in [0.717, 1.165) is 32.7 Å². The number of hydrogen-bond acceptors (Lipinski definition) is 3. The molecule has 0 radical (unpaired) electrons. The van der Waals surface area contributed by atoms with Crippen molar-refractivity contribution in [1.82, 2.24) is 9.80 Å². The Morgan fingerprint density at radius 1 is 1.07 bits per heavy atom. The number of ketones is 1. The van der Waals surface area contributed by atoms with Gasteiger partial charge >= 0.3 is 0 Å². The van der Waals surface area contributed by atoms with Gasteiger partial charge in [0.1, 0.15) is 5.78 Å². The summed E-state index contributed by atoms with van der Waals surface area (Å²) in [4.78, 5) is 15.7. The predicted molar refractivity (Wildman–Crippen MR) is 63.0 cm³/mol. The summed E-state index contributed by atoms with van der Waals surface area (Å²) in [5.41, 5.74) is 0.378. The van der Waals surface area contributed by atoms with E-state index in [4.69, 9.17) is 0 Å². The lowest BCUT2D eigenvalue weighted by Crippen LogP contribution is -2.49. The van der Waals surface area contributed by atoms with Gasteiger partial charge < -0.3 is 4.90 Å². The van der Waals surface area contributed by atoms with Gasteiger partial charge in [-0.3, -0.25) is 9.69 Å². The van der Waals surface area contributed by atoms with Crippen LogP contribution in [-0.2, 0) is 4.79 Å². The quantitative estimate of drug-likeness (QED) is 0.703. The second kappa shape index (κ2) is 5.08. The molecule has 0 aromatic rings. The van der Waals surface area contributed by atoms with Crippen molar-refractivity contribution in [3.8, 4) is 0 Å². The molecule has 0 bridgehead atoms. The van der Waals surface area contributed by atoms with E-state index >= 15 is 0 Å². The van der Waals surface area contributed by atoms with Crippen LogP contribution in [0.1, 0.15) is 27.7 Å². The van der Waals surface area contributed by atoms with Gasteiger partial charge in [0.2, 0.25) is 0 Å². The van der Waals surface area contributed by atoms with Gasteiger partial charge in [0.15, 0.2) is 0 Å². The Balaban J connectivity index is 2.27. The molecule has 3 heteroatoms. The first kappa shape index (κ1) is 12.7. The minimum atomic E-state index is 0.277. The molecule has 1 fully saturated rings. The first-order valence-corrected chi connectivity index (χ1v) is 5.81. The third-order valence-corrected chi connectivity index (χ3v) is 2.61. The fourth-order valence-electron chi connectivity index (χ4n) is 2.09. The lowest BCUT2D eigenvalue weighted by molar-refractivity contribution is -0.118. The molecule has 3 nitrogen and oxygen atoms in total. The van der Waals surface area contributed by atoms with E-state index in [9.17, 15) is 4.79 Å². The van der Waals surface area contributed by atoms with E-state index in [-0.39, 0.29) is 5.78 Å². The highest BCUT2D eigenvalue weighted by Crippen LogP contribution is 2.16. The maximum absolute atomic E-state index is 11.0. The predicted octanol–water partition coefficient (Wildman–Crippen LogP) is 1.24. The zero-order valence-corrected chi connectivity index (χ0v) is 10.5. The van der Waals surface area contributed by atoms with Gasteiger partial charge in [0.25, 0.3) is 0 Å². The molecule has 1 saturated heterocycles. The van der Waals surface area contributed by atoms with E-state index in [0.29, 0.717) is 12.0 Å². The third-order valence-electron chi connectivity index (χ3n) is 2.61. The summed E-state index contributed by atoms with van der Waals surface area (Å²) in [5, 5.41) is 0. The van der Waals surface area contributed by atoms with Crippen LogP contribution in [-0.4, -0.2) is 54.9 Å². The highest BCUT2D eigenvalue weighted by molar-refractivity contribution is 5.77. The Labute approximate surface area is 93.4 Å². The van der Waals surface area contributed by atoms with Gasteiger partial charge in [-0.05, 0) is 12.3 Å². The molecule has 0 saturated carbocycles. The van der Waals surface area contributed by atoms with Crippen molar-refractivity contribution < 1.29 is 4.79 Å². The number of hydrogen-bond donors (Lipinski definition) is 0. The fraction of sp³-hybridized carbons (Fsp3) is 0.917. The molecule has 1 heterocycles. The van der Waals surface area contributed by atoms with Gasteiger partial charge in [-0.1, -0.05) is 20.8 Å². The molecule has 0 N–H and O–H groups in total. The SMILES string of the molecule is CC(=O)CN1CCN(CC(C)(C)C)CC1. The monoisotopic (exact) mass is 212 g/mol. The van der Waals surface area contributed by atoms with Crippen LogP contribution in [0, 0.1) is 5.41 Å². The van der Waals surface area contributed by atoms with Crippen LogP contribution in [0.5, 0.6) is 0 Å². The van der Waals surface area contributed by atoms with Crippen LogP contribution >= 0.6 is 0 Å². The van der Waals surface area contributed by atoms with Crippen molar-refractivity contribution in [1.29, 1.82) is 0 Å². The smallest absolute Gasteiger partial charge is 0.143 e. The van der Waals surface area contributed by atoms with Crippen molar-refractivity contribution in [2.75, 3.05) is 39.3 Å². The van der Waals surface area contributed by atoms with Gasteiger partial charge in [0.05, 0.1) is 6.54 Å². The number of rotatable bonds is 3. The molecular formula is C12H24N2O. The van der Waals surface area contributed by atoms with Crippen molar-refractivity contribution in [3.63, 3.8) is 0 Å². The summed E-state index contributed by atoms with van der Waals surface area (Å²) in [6.07, 6.45) is 0. The van der Waals surface area contributed by atoms with Crippen LogP contribution in [0.4, 0.5) is 0 Å². The molecule has 1 aliphatic rings. The lowest BCUT2D eigenvalue weighted by atomic mass is 9.96. The van der Waals surface area contributed by atoms with Crippen LogP contribution in [0.2, 0.25) is 0 Å². The molecule has 0 aromatic carbocycles. The molecule has 1 aliphatic heterocycles. The maximum atomic E-state index is 11.0. The molecular weight excluding hydrogens is 188 g/mol. The molecule has 1 rings (SSSR count). The molecule has 0 unspecified atom stereocenters. The second-order valence-electron chi connectivity index (χ2n) is 5.81. The average molecular weight is 212 g/mol. The average Bonchev–Trinajstić information content (AvgIpc) is 2.05. The van der Waals surface area contributed by atoms with Crippen molar-refractivity contribution in [3.05, 3.63) is 0 Å². The minimum Gasteiger partial charge on any atom is -0.300 e. The Morgan fingerprint density at radius 3 is 1.93 bits per heavy atom. The summed E-state index contributed by atoms with van der Waals surface area (Å²) < 4.78 is 0. The number of piperazine rings is 1. The zero-order valence-electron chi connectivity index (χ0n) is 10.5. The molecule has 0 spiro atoms. The number of carbonyl (C=O) groups excluding carboxylic acids is 1. The van der Waals surface area contributed by atoms with Crippen LogP contribution in [0.25, 0.3) is 0 Å². The molecule has 0 aliphatic carbocycles. The van der Waals surface area contributed by atoms with E-state index in [1.807, 2.05) is 0 Å². The summed E-state index contributed by atoms with van der Waals surface area (Å²) in [5.74, 6) is 0.277. The van der Waals surface area contributed by atoms with Gasteiger partial charge in [-0.15, -0.1) is 0 Å². The zero-order chi connectivity index (χ0) is 11.5. The number of nitrogens with zero attached hydrogens (tertiary/aromatic N) is 2. The molecule has 0 aromatic heterocycles. The van der Waals surface area contributed by atoms with Crippen molar-refractivity contribution in [2.24, 2.45) is 5.41 Å². The Morgan fingerprint density at radius 2 is 1.53 bits per heavy atom. The Hall–Kier alpha value is -0.410. The van der Waals surface area contributed by atoms with Gasteiger partial charge in [0, 0.05) is 32.7 Å². The summed E-state index contributed by atoms with van der Waals surface area (Å²) in [6, 6.07) is 0. The van der Waals surface area contributed by atoms with Gasteiger partial charge in [-0.2, -0.15) is 0 Å². The second-order valence-corrected chi connectivity index (χ2v) is 5.81. The summed E-state index contributed by atoms with van der Waals surface area (Å²) in [6.45, 7) is 14.5. The van der Waals surface area contributed by atoms with Crippen LogP contribution in [0.15, 0.2) is 0 Å². The largest absolute Gasteiger partial charge is 0.300 e. The normalized spacial score (nSPS) is 20.5. The van der Waals surface area contributed by atoms with Crippen molar-refractivity contribution >= 4 is 5.78 Å². The number of Topliss-reactive ketones (excluding diaryl/α,β-unsaturated/α-hetero) is 1.